The molecule has 1 aliphatic heterocycles. The molecule has 0 saturated carbocycles. The Morgan fingerprint density at radius 3 is 2.62 bits per heavy atom. The van der Waals surface area contributed by atoms with Gasteiger partial charge in [-0.25, -0.2) is 8.78 Å². The highest BCUT2D eigenvalue weighted by Crippen LogP contribution is 2.42. The van der Waals surface area contributed by atoms with E-state index in [1.807, 2.05) is 6.92 Å². The van der Waals surface area contributed by atoms with Crippen molar-refractivity contribution >= 4 is 11.8 Å². The zero-order valence-corrected chi connectivity index (χ0v) is 10.1. The van der Waals surface area contributed by atoms with Gasteiger partial charge in [-0.1, -0.05) is 19.1 Å². The smallest absolute Gasteiger partial charge is 0.165 e. The lowest BCUT2D eigenvalue weighted by atomic mass is 9.90. The Labute approximate surface area is 97.9 Å². The van der Waals surface area contributed by atoms with Crippen LogP contribution in [0.1, 0.15) is 24.5 Å². The van der Waals surface area contributed by atoms with E-state index < -0.39 is 17.2 Å². The monoisotopic (exact) mass is 244 g/mol. The van der Waals surface area contributed by atoms with Crippen LogP contribution in [0.3, 0.4) is 0 Å². The van der Waals surface area contributed by atoms with Crippen molar-refractivity contribution in [2.75, 3.05) is 5.75 Å². The van der Waals surface area contributed by atoms with Crippen LogP contribution in [-0.2, 0) is 5.60 Å². The molecular weight excluding hydrogens is 230 g/mol. The van der Waals surface area contributed by atoms with Gasteiger partial charge in [0, 0.05) is 16.6 Å². The van der Waals surface area contributed by atoms with Gasteiger partial charge in [-0.15, -0.1) is 0 Å². The van der Waals surface area contributed by atoms with E-state index in [9.17, 15) is 13.9 Å². The van der Waals surface area contributed by atoms with E-state index in [0.29, 0.717) is 12.2 Å². The standard InChI is InChI=1S/C12H14F2OS/c1-7-3-4-9(11(14)10(7)13)12(15)5-8(2)16-6-12/h3-4,8,15H,5-6H2,1-2H3. The normalized spacial score (nSPS) is 29.7. The third-order valence-corrected chi connectivity index (χ3v) is 4.39. The molecule has 2 atom stereocenters. The molecule has 1 nitrogen and oxygen atoms in total. The second kappa shape index (κ2) is 4.00. The summed E-state index contributed by atoms with van der Waals surface area (Å²) < 4.78 is 27.2. The van der Waals surface area contributed by atoms with E-state index in [4.69, 9.17) is 0 Å². The number of hydrogen-bond donors (Lipinski definition) is 1. The Kier molecular flexibility index (Phi) is 2.97. The van der Waals surface area contributed by atoms with Gasteiger partial charge in [-0.3, -0.25) is 0 Å². The zero-order chi connectivity index (χ0) is 11.9. The zero-order valence-electron chi connectivity index (χ0n) is 9.26. The van der Waals surface area contributed by atoms with E-state index in [0.717, 1.165) is 0 Å². The van der Waals surface area contributed by atoms with Gasteiger partial charge in [0.1, 0.15) is 5.60 Å². The summed E-state index contributed by atoms with van der Waals surface area (Å²) in [7, 11) is 0. The lowest BCUT2D eigenvalue weighted by Crippen LogP contribution is -2.27. The molecule has 2 rings (SSSR count). The predicted octanol–water partition coefficient (Wildman–Crippen LogP) is 2.99. The molecule has 0 spiro atoms. The minimum atomic E-state index is -1.22. The molecule has 0 aromatic heterocycles. The molecule has 1 aromatic rings. The lowest BCUT2D eigenvalue weighted by Gasteiger charge is -2.23. The first kappa shape index (κ1) is 11.9. The van der Waals surface area contributed by atoms with Crippen LogP contribution in [0.5, 0.6) is 0 Å². The summed E-state index contributed by atoms with van der Waals surface area (Å²) in [5.41, 5.74) is -0.862. The number of aryl methyl sites for hydroxylation is 1. The van der Waals surface area contributed by atoms with Crippen molar-refractivity contribution in [3.05, 3.63) is 34.9 Å². The van der Waals surface area contributed by atoms with Crippen molar-refractivity contribution in [1.29, 1.82) is 0 Å². The number of thioether (sulfide) groups is 1. The number of aliphatic hydroxyl groups is 1. The molecule has 0 aliphatic carbocycles. The molecule has 1 fully saturated rings. The lowest BCUT2D eigenvalue weighted by molar-refractivity contribution is 0.0566. The second-order valence-corrected chi connectivity index (χ2v) is 5.84. The van der Waals surface area contributed by atoms with Crippen LogP contribution < -0.4 is 0 Å². The van der Waals surface area contributed by atoms with Crippen LogP contribution in [0.15, 0.2) is 12.1 Å². The van der Waals surface area contributed by atoms with Crippen LogP contribution in [0.2, 0.25) is 0 Å². The minimum Gasteiger partial charge on any atom is -0.384 e. The molecule has 1 aromatic carbocycles. The van der Waals surface area contributed by atoms with Crippen molar-refractivity contribution in [1.82, 2.24) is 0 Å². The summed E-state index contributed by atoms with van der Waals surface area (Å²) in [6.45, 7) is 3.49. The number of benzene rings is 1. The van der Waals surface area contributed by atoms with Gasteiger partial charge in [0.2, 0.25) is 0 Å². The van der Waals surface area contributed by atoms with Crippen LogP contribution >= 0.6 is 11.8 Å². The van der Waals surface area contributed by atoms with Gasteiger partial charge in [-0.05, 0) is 18.9 Å². The third kappa shape index (κ3) is 1.84. The van der Waals surface area contributed by atoms with Crippen LogP contribution in [0, 0.1) is 18.6 Å². The van der Waals surface area contributed by atoms with Crippen LogP contribution in [-0.4, -0.2) is 16.1 Å². The maximum Gasteiger partial charge on any atom is 0.165 e. The fourth-order valence-electron chi connectivity index (χ4n) is 2.07. The SMILES string of the molecule is Cc1ccc(C2(O)CSC(C)C2)c(F)c1F. The maximum absolute atomic E-state index is 13.7. The minimum absolute atomic E-state index is 0.0902. The number of halogens is 2. The number of hydrogen-bond acceptors (Lipinski definition) is 2. The first-order valence-electron chi connectivity index (χ1n) is 5.23. The van der Waals surface area contributed by atoms with Crippen molar-refractivity contribution in [3.63, 3.8) is 0 Å². The quantitative estimate of drug-likeness (QED) is 0.819. The van der Waals surface area contributed by atoms with Crippen LogP contribution in [0.25, 0.3) is 0 Å². The molecule has 0 amide bonds. The first-order chi connectivity index (χ1) is 7.44. The van der Waals surface area contributed by atoms with E-state index in [-0.39, 0.29) is 16.4 Å². The van der Waals surface area contributed by atoms with Gasteiger partial charge < -0.3 is 5.11 Å². The highest BCUT2D eigenvalue weighted by Gasteiger charge is 2.40. The molecular formula is C12H14F2OS. The molecule has 16 heavy (non-hydrogen) atoms. The summed E-state index contributed by atoms with van der Waals surface area (Å²) in [6, 6.07) is 3.01. The van der Waals surface area contributed by atoms with Gasteiger partial charge >= 0.3 is 0 Å². The highest BCUT2D eigenvalue weighted by molar-refractivity contribution is 8.00. The third-order valence-electron chi connectivity index (χ3n) is 3.01. The second-order valence-electron chi connectivity index (χ2n) is 4.42. The summed E-state index contributed by atoms with van der Waals surface area (Å²) in [4.78, 5) is 0. The highest BCUT2D eigenvalue weighted by atomic mass is 32.2. The predicted molar refractivity (Wildman–Crippen MR) is 61.5 cm³/mol. The van der Waals surface area contributed by atoms with E-state index in [2.05, 4.69) is 0 Å². The van der Waals surface area contributed by atoms with Gasteiger partial charge in [0.25, 0.3) is 0 Å². The fraction of sp³-hybridized carbons (Fsp3) is 0.500. The van der Waals surface area contributed by atoms with Gasteiger partial charge in [0.15, 0.2) is 11.6 Å². The summed E-state index contributed by atoms with van der Waals surface area (Å²) in [5.74, 6) is -1.33. The van der Waals surface area contributed by atoms with Crippen molar-refractivity contribution in [2.24, 2.45) is 0 Å². The maximum atomic E-state index is 13.7. The average molecular weight is 244 g/mol. The molecule has 0 radical (unpaired) electrons. The first-order valence-corrected chi connectivity index (χ1v) is 6.28. The molecule has 1 saturated heterocycles. The largest absolute Gasteiger partial charge is 0.384 e. The van der Waals surface area contributed by atoms with Gasteiger partial charge in [-0.2, -0.15) is 11.8 Å². The fourth-order valence-corrected chi connectivity index (χ4v) is 3.29. The summed E-state index contributed by atoms with van der Waals surface area (Å²) in [6.07, 6.45) is 0.469. The molecule has 88 valence electrons. The summed E-state index contributed by atoms with van der Waals surface area (Å²) in [5, 5.41) is 10.6. The molecule has 2 unspecified atom stereocenters. The van der Waals surface area contributed by atoms with Crippen LogP contribution in [0.4, 0.5) is 8.78 Å². The van der Waals surface area contributed by atoms with Gasteiger partial charge in [0.05, 0.1) is 0 Å². The Balaban J connectivity index is 2.45. The summed E-state index contributed by atoms with van der Waals surface area (Å²) >= 11 is 1.58. The van der Waals surface area contributed by atoms with Crippen molar-refractivity contribution < 1.29 is 13.9 Å². The molecule has 0 bridgehead atoms. The molecule has 4 heteroatoms. The Bertz CT molecular complexity index is 422. The Morgan fingerprint density at radius 1 is 1.38 bits per heavy atom. The molecule has 1 aliphatic rings. The molecule has 1 N–H and O–H groups in total. The average Bonchev–Trinajstić information content (AvgIpc) is 2.56. The topological polar surface area (TPSA) is 20.2 Å². The van der Waals surface area contributed by atoms with E-state index >= 15 is 0 Å². The van der Waals surface area contributed by atoms with E-state index in [1.165, 1.54) is 19.1 Å². The Morgan fingerprint density at radius 2 is 2.06 bits per heavy atom. The van der Waals surface area contributed by atoms with Crippen molar-refractivity contribution in [3.8, 4) is 0 Å². The van der Waals surface area contributed by atoms with Crippen molar-refractivity contribution in [2.45, 2.75) is 31.1 Å². The Hall–Kier alpha value is -0.610. The molecule has 1 heterocycles. The number of rotatable bonds is 1. The van der Waals surface area contributed by atoms with E-state index in [1.54, 1.807) is 11.8 Å².